The Kier molecular flexibility index (Phi) is 6.44. The molecule has 0 radical (unpaired) electrons. The Labute approximate surface area is 158 Å². The molecule has 7 heteroatoms. The molecule has 1 aliphatic rings. The summed E-state index contributed by atoms with van der Waals surface area (Å²) in [6, 6.07) is 10.7. The van der Waals surface area contributed by atoms with Crippen LogP contribution in [0.3, 0.4) is 0 Å². The molecule has 3 rings (SSSR count). The minimum atomic E-state index is -0.231. The van der Waals surface area contributed by atoms with Crippen LogP contribution in [0.25, 0.3) is 0 Å². The number of amides is 1. The van der Waals surface area contributed by atoms with Gasteiger partial charge < -0.3 is 15.7 Å². The van der Waals surface area contributed by atoms with E-state index >= 15 is 0 Å². The van der Waals surface area contributed by atoms with Crippen molar-refractivity contribution in [2.75, 3.05) is 36.9 Å². The number of hydrogen-bond acceptors (Lipinski definition) is 5. The van der Waals surface area contributed by atoms with Crippen LogP contribution >= 0.6 is 11.6 Å². The monoisotopic (exact) mass is 374 g/mol. The molecule has 2 heterocycles. The van der Waals surface area contributed by atoms with E-state index in [4.69, 9.17) is 16.7 Å². The normalized spacial score (nSPS) is 17.7. The van der Waals surface area contributed by atoms with Crippen molar-refractivity contribution in [3.8, 4) is 0 Å². The average molecular weight is 375 g/mol. The first-order valence-electron chi connectivity index (χ1n) is 8.77. The van der Waals surface area contributed by atoms with Crippen molar-refractivity contribution < 1.29 is 9.90 Å². The van der Waals surface area contributed by atoms with E-state index in [1.54, 1.807) is 42.6 Å². The van der Waals surface area contributed by atoms with Crippen molar-refractivity contribution in [2.45, 2.75) is 18.9 Å². The zero-order chi connectivity index (χ0) is 18.4. The standard InChI is InChI=1S/C19H23ClN4O2/c20-14-4-1-5-15(12-14)23-19(26)17-7-2-8-21-18(17)22-16-6-3-9-24(13-16)10-11-25/h1-2,4-5,7-8,12,16,25H,3,6,9-11,13H2,(H,21,22)(H,23,26)/t16-/m1/s1. The van der Waals surface area contributed by atoms with Crippen LogP contribution in [0.4, 0.5) is 11.5 Å². The van der Waals surface area contributed by atoms with Gasteiger partial charge in [0.15, 0.2) is 0 Å². The van der Waals surface area contributed by atoms with Crippen molar-refractivity contribution in [1.29, 1.82) is 0 Å². The van der Waals surface area contributed by atoms with Crippen molar-refractivity contribution in [3.63, 3.8) is 0 Å². The van der Waals surface area contributed by atoms with Gasteiger partial charge in [-0.05, 0) is 49.7 Å². The van der Waals surface area contributed by atoms with E-state index in [9.17, 15) is 4.79 Å². The molecule has 1 aliphatic heterocycles. The van der Waals surface area contributed by atoms with Gasteiger partial charge in [0.2, 0.25) is 0 Å². The Morgan fingerprint density at radius 3 is 3.04 bits per heavy atom. The lowest BCUT2D eigenvalue weighted by Gasteiger charge is -2.33. The van der Waals surface area contributed by atoms with Gasteiger partial charge in [-0.25, -0.2) is 4.98 Å². The summed E-state index contributed by atoms with van der Waals surface area (Å²) < 4.78 is 0. The van der Waals surface area contributed by atoms with Gasteiger partial charge in [0.1, 0.15) is 5.82 Å². The maximum atomic E-state index is 12.7. The molecule has 1 aromatic heterocycles. The highest BCUT2D eigenvalue weighted by molar-refractivity contribution is 6.31. The summed E-state index contributed by atoms with van der Waals surface area (Å²) >= 11 is 5.98. The SMILES string of the molecule is O=C(Nc1cccc(Cl)c1)c1cccnc1N[C@@H]1CCCN(CCO)C1. The quantitative estimate of drug-likeness (QED) is 0.724. The lowest BCUT2D eigenvalue weighted by molar-refractivity contribution is 0.102. The summed E-state index contributed by atoms with van der Waals surface area (Å²) in [5.74, 6) is 0.341. The minimum Gasteiger partial charge on any atom is -0.395 e. The van der Waals surface area contributed by atoms with E-state index in [0.29, 0.717) is 28.6 Å². The number of β-amino-alcohol motifs (C(OH)–C–C–N with tert-alkyl or cyclic N) is 1. The lowest BCUT2D eigenvalue weighted by atomic mass is 10.1. The third-order valence-corrected chi connectivity index (χ3v) is 4.63. The molecule has 1 amide bonds. The lowest BCUT2D eigenvalue weighted by Crippen LogP contribution is -2.43. The second kappa shape index (κ2) is 8.98. The number of likely N-dealkylation sites (tertiary alicyclic amines) is 1. The largest absolute Gasteiger partial charge is 0.395 e. The van der Waals surface area contributed by atoms with Crippen LogP contribution in [-0.2, 0) is 0 Å². The summed E-state index contributed by atoms with van der Waals surface area (Å²) in [6.07, 6.45) is 3.73. The number of aliphatic hydroxyl groups excluding tert-OH is 1. The van der Waals surface area contributed by atoms with Crippen LogP contribution in [0.2, 0.25) is 5.02 Å². The summed E-state index contributed by atoms with van der Waals surface area (Å²) in [6.45, 7) is 2.64. The molecule has 1 saturated heterocycles. The zero-order valence-corrected chi connectivity index (χ0v) is 15.2. The molecule has 3 N–H and O–H groups in total. The Hall–Kier alpha value is -2.15. The maximum Gasteiger partial charge on any atom is 0.259 e. The molecule has 1 atom stereocenters. The van der Waals surface area contributed by atoms with E-state index in [0.717, 1.165) is 25.9 Å². The highest BCUT2D eigenvalue weighted by Crippen LogP contribution is 2.20. The van der Waals surface area contributed by atoms with Gasteiger partial charge in [-0.1, -0.05) is 17.7 Å². The first-order valence-corrected chi connectivity index (χ1v) is 9.15. The number of nitrogens with one attached hydrogen (secondary N) is 2. The number of piperidine rings is 1. The molecule has 0 bridgehead atoms. The Bertz CT molecular complexity index is 754. The Balaban J connectivity index is 1.70. The van der Waals surface area contributed by atoms with Gasteiger partial charge in [-0.2, -0.15) is 0 Å². The van der Waals surface area contributed by atoms with Crippen molar-refractivity contribution >= 4 is 29.0 Å². The molecule has 138 valence electrons. The number of hydrogen-bond donors (Lipinski definition) is 3. The van der Waals surface area contributed by atoms with E-state index < -0.39 is 0 Å². The summed E-state index contributed by atoms with van der Waals surface area (Å²) in [7, 11) is 0. The molecular formula is C19H23ClN4O2. The van der Waals surface area contributed by atoms with Crippen molar-refractivity contribution in [2.24, 2.45) is 0 Å². The third kappa shape index (κ3) is 4.94. The number of benzene rings is 1. The van der Waals surface area contributed by atoms with E-state index in [1.165, 1.54) is 0 Å². The van der Waals surface area contributed by atoms with Gasteiger partial charge in [0.05, 0.1) is 12.2 Å². The Morgan fingerprint density at radius 2 is 2.23 bits per heavy atom. The number of carbonyl (C=O) groups is 1. The molecular weight excluding hydrogens is 352 g/mol. The third-order valence-electron chi connectivity index (χ3n) is 4.40. The molecule has 26 heavy (non-hydrogen) atoms. The molecule has 0 unspecified atom stereocenters. The number of halogens is 1. The van der Waals surface area contributed by atoms with Crippen LogP contribution < -0.4 is 10.6 Å². The fourth-order valence-corrected chi connectivity index (χ4v) is 3.37. The molecule has 6 nitrogen and oxygen atoms in total. The van der Waals surface area contributed by atoms with Gasteiger partial charge in [0.25, 0.3) is 5.91 Å². The topological polar surface area (TPSA) is 77.5 Å². The number of pyridine rings is 1. The molecule has 0 spiro atoms. The molecule has 0 saturated carbocycles. The van der Waals surface area contributed by atoms with E-state index in [-0.39, 0.29) is 18.6 Å². The zero-order valence-electron chi connectivity index (χ0n) is 14.5. The van der Waals surface area contributed by atoms with E-state index in [1.807, 2.05) is 0 Å². The number of carbonyl (C=O) groups excluding carboxylic acids is 1. The van der Waals surface area contributed by atoms with Crippen LogP contribution in [-0.4, -0.2) is 53.2 Å². The number of anilines is 2. The van der Waals surface area contributed by atoms with Crippen LogP contribution in [0.1, 0.15) is 23.2 Å². The van der Waals surface area contributed by atoms with Gasteiger partial charge in [0, 0.05) is 36.0 Å². The predicted octanol–water partition coefficient (Wildman–Crippen LogP) is 2.86. The molecule has 2 aromatic rings. The average Bonchev–Trinajstić information content (AvgIpc) is 2.63. The van der Waals surface area contributed by atoms with Crippen LogP contribution in [0.15, 0.2) is 42.6 Å². The first-order chi connectivity index (χ1) is 12.7. The summed E-state index contributed by atoms with van der Waals surface area (Å²) in [5, 5.41) is 16.0. The fraction of sp³-hybridized carbons (Fsp3) is 0.368. The number of rotatable bonds is 6. The van der Waals surface area contributed by atoms with Crippen molar-refractivity contribution in [1.82, 2.24) is 9.88 Å². The Morgan fingerprint density at radius 1 is 1.35 bits per heavy atom. The summed E-state index contributed by atoms with van der Waals surface area (Å²) in [5.41, 5.74) is 1.14. The minimum absolute atomic E-state index is 0.156. The molecule has 1 fully saturated rings. The number of nitrogens with zero attached hydrogens (tertiary/aromatic N) is 2. The maximum absolute atomic E-state index is 12.7. The molecule has 1 aromatic carbocycles. The van der Waals surface area contributed by atoms with Gasteiger partial charge >= 0.3 is 0 Å². The first kappa shape index (κ1) is 18.6. The van der Waals surface area contributed by atoms with Crippen LogP contribution in [0, 0.1) is 0 Å². The van der Waals surface area contributed by atoms with E-state index in [2.05, 4.69) is 20.5 Å². The number of aliphatic hydroxyl groups is 1. The second-order valence-corrected chi connectivity index (χ2v) is 6.81. The fourth-order valence-electron chi connectivity index (χ4n) is 3.18. The predicted molar refractivity (Wildman–Crippen MR) is 104 cm³/mol. The highest BCUT2D eigenvalue weighted by Gasteiger charge is 2.21. The number of aromatic nitrogens is 1. The molecule has 0 aliphatic carbocycles. The summed E-state index contributed by atoms with van der Waals surface area (Å²) in [4.78, 5) is 19.3. The van der Waals surface area contributed by atoms with Crippen LogP contribution in [0.5, 0.6) is 0 Å². The highest BCUT2D eigenvalue weighted by atomic mass is 35.5. The smallest absolute Gasteiger partial charge is 0.259 e. The van der Waals surface area contributed by atoms with Crippen molar-refractivity contribution in [3.05, 3.63) is 53.2 Å². The van der Waals surface area contributed by atoms with Gasteiger partial charge in [-0.15, -0.1) is 0 Å². The second-order valence-electron chi connectivity index (χ2n) is 6.37. The van der Waals surface area contributed by atoms with Gasteiger partial charge in [-0.3, -0.25) is 9.69 Å².